The fourth-order valence-electron chi connectivity index (χ4n) is 3.82. The minimum Gasteiger partial charge on any atom is -0.379 e. The number of nitrogens with zero attached hydrogens (tertiary/aromatic N) is 1. The third kappa shape index (κ3) is 6.56. The fraction of sp³-hybridized carbons (Fsp3) is 0.667. The van der Waals surface area contributed by atoms with Gasteiger partial charge in [0.2, 0.25) is 0 Å². The Kier molecular flexibility index (Phi) is 9.94. The molecule has 1 aliphatic carbocycles. The molecule has 0 bridgehead atoms. The molecule has 1 aromatic carbocycles. The number of ether oxygens (including phenoxy) is 2. The van der Waals surface area contributed by atoms with Gasteiger partial charge in [-0.1, -0.05) is 18.6 Å². The van der Waals surface area contributed by atoms with Gasteiger partial charge in [-0.15, -0.1) is 24.0 Å². The molecule has 0 amide bonds. The lowest BCUT2D eigenvalue weighted by Crippen LogP contribution is -2.49. The average Bonchev–Trinajstić information content (AvgIpc) is 3.16. The standard InChI is InChI=1S/C21H32FN3O2.HI/c1-23-20(24-12-4-13-26-15-19-5-2-14-27-19)25-16-21(10-3-11-21)17-6-8-18(22)9-7-17;/h6-9,19H,2-5,10-16H2,1H3,(H2,23,24,25);1H. The summed E-state index contributed by atoms with van der Waals surface area (Å²) in [6, 6.07) is 6.94. The van der Waals surface area contributed by atoms with Crippen molar-refractivity contribution in [3.63, 3.8) is 0 Å². The molecule has 1 saturated heterocycles. The second-order valence-corrected chi connectivity index (χ2v) is 7.56. The predicted octanol–water partition coefficient (Wildman–Crippen LogP) is 3.62. The van der Waals surface area contributed by atoms with Crippen LogP contribution in [0.2, 0.25) is 0 Å². The molecular weight excluding hydrogens is 472 g/mol. The third-order valence-corrected chi connectivity index (χ3v) is 5.67. The van der Waals surface area contributed by atoms with E-state index in [0.29, 0.717) is 6.61 Å². The van der Waals surface area contributed by atoms with Crippen LogP contribution in [0.3, 0.4) is 0 Å². The number of benzene rings is 1. The molecule has 5 nitrogen and oxygen atoms in total. The third-order valence-electron chi connectivity index (χ3n) is 5.67. The first-order valence-electron chi connectivity index (χ1n) is 10.1. The van der Waals surface area contributed by atoms with Crippen molar-refractivity contribution in [2.24, 2.45) is 4.99 Å². The number of aliphatic imine (C=N–C) groups is 1. The lowest BCUT2D eigenvalue weighted by atomic mass is 9.64. The predicted molar refractivity (Wildman–Crippen MR) is 121 cm³/mol. The summed E-state index contributed by atoms with van der Waals surface area (Å²) >= 11 is 0. The number of rotatable bonds is 9. The molecule has 2 N–H and O–H groups in total. The van der Waals surface area contributed by atoms with Gasteiger partial charge in [-0.3, -0.25) is 4.99 Å². The number of hydrogen-bond acceptors (Lipinski definition) is 3. The van der Waals surface area contributed by atoms with Crippen molar-refractivity contribution >= 4 is 29.9 Å². The molecule has 0 radical (unpaired) electrons. The Labute approximate surface area is 184 Å². The molecule has 158 valence electrons. The smallest absolute Gasteiger partial charge is 0.191 e. The summed E-state index contributed by atoms with van der Waals surface area (Å²) in [4.78, 5) is 4.31. The van der Waals surface area contributed by atoms with Crippen LogP contribution in [0.15, 0.2) is 29.3 Å². The van der Waals surface area contributed by atoms with Crippen molar-refractivity contribution in [3.05, 3.63) is 35.6 Å². The van der Waals surface area contributed by atoms with Gasteiger partial charge in [0.15, 0.2) is 5.96 Å². The monoisotopic (exact) mass is 505 g/mol. The van der Waals surface area contributed by atoms with E-state index in [1.807, 2.05) is 12.1 Å². The molecule has 1 atom stereocenters. The van der Waals surface area contributed by atoms with Gasteiger partial charge in [-0.05, 0) is 49.8 Å². The maximum absolute atomic E-state index is 13.2. The molecule has 1 aliphatic heterocycles. The summed E-state index contributed by atoms with van der Waals surface area (Å²) in [5, 5.41) is 6.79. The van der Waals surface area contributed by atoms with Gasteiger partial charge >= 0.3 is 0 Å². The number of guanidine groups is 1. The molecule has 2 aliphatic rings. The maximum atomic E-state index is 13.2. The molecule has 1 saturated carbocycles. The van der Waals surface area contributed by atoms with Crippen LogP contribution in [-0.4, -0.2) is 52.0 Å². The first-order chi connectivity index (χ1) is 13.2. The van der Waals surface area contributed by atoms with Gasteiger partial charge in [0.25, 0.3) is 0 Å². The lowest BCUT2D eigenvalue weighted by molar-refractivity contribution is 0.0168. The van der Waals surface area contributed by atoms with E-state index in [1.54, 1.807) is 19.2 Å². The van der Waals surface area contributed by atoms with Gasteiger partial charge in [-0.2, -0.15) is 0 Å². The topological polar surface area (TPSA) is 54.9 Å². The van der Waals surface area contributed by atoms with Crippen LogP contribution in [0, 0.1) is 5.82 Å². The van der Waals surface area contributed by atoms with Gasteiger partial charge in [0, 0.05) is 38.8 Å². The van der Waals surface area contributed by atoms with Crippen molar-refractivity contribution in [2.75, 3.05) is 40.0 Å². The summed E-state index contributed by atoms with van der Waals surface area (Å²) in [5.41, 5.74) is 1.30. The number of halogens is 2. The largest absolute Gasteiger partial charge is 0.379 e. The Morgan fingerprint density at radius 2 is 2.04 bits per heavy atom. The van der Waals surface area contributed by atoms with Crippen LogP contribution in [0.5, 0.6) is 0 Å². The van der Waals surface area contributed by atoms with Gasteiger partial charge < -0.3 is 20.1 Å². The highest BCUT2D eigenvalue weighted by Crippen LogP contribution is 2.43. The van der Waals surface area contributed by atoms with E-state index in [2.05, 4.69) is 15.6 Å². The highest BCUT2D eigenvalue weighted by molar-refractivity contribution is 14.0. The van der Waals surface area contributed by atoms with E-state index in [4.69, 9.17) is 9.47 Å². The van der Waals surface area contributed by atoms with E-state index in [0.717, 1.165) is 64.4 Å². The second-order valence-electron chi connectivity index (χ2n) is 7.56. The molecule has 1 unspecified atom stereocenters. The van der Waals surface area contributed by atoms with Crippen molar-refractivity contribution in [1.82, 2.24) is 10.6 Å². The van der Waals surface area contributed by atoms with Crippen LogP contribution >= 0.6 is 24.0 Å². The first-order valence-corrected chi connectivity index (χ1v) is 10.1. The van der Waals surface area contributed by atoms with Gasteiger partial charge in [0.1, 0.15) is 5.82 Å². The number of hydrogen-bond donors (Lipinski definition) is 2. The van der Waals surface area contributed by atoms with E-state index in [9.17, 15) is 4.39 Å². The molecule has 3 rings (SSSR count). The van der Waals surface area contributed by atoms with Crippen molar-refractivity contribution in [2.45, 2.75) is 50.0 Å². The van der Waals surface area contributed by atoms with Crippen LogP contribution in [0.1, 0.15) is 44.1 Å². The molecule has 1 heterocycles. The summed E-state index contributed by atoms with van der Waals surface area (Å²) in [7, 11) is 1.79. The highest BCUT2D eigenvalue weighted by Gasteiger charge is 2.38. The van der Waals surface area contributed by atoms with E-state index < -0.39 is 0 Å². The molecule has 28 heavy (non-hydrogen) atoms. The summed E-state index contributed by atoms with van der Waals surface area (Å²) in [6.07, 6.45) is 6.95. The SMILES string of the molecule is CN=C(NCCCOCC1CCCO1)NCC1(c2ccc(F)cc2)CCC1.I. The van der Waals surface area contributed by atoms with Crippen LogP contribution in [-0.2, 0) is 14.9 Å². The zero-order valence-electron chi connectivity index (χ0n) is 16.7. The Bertz CT molecular complexity index is 602. The Hall–Kier alpha value is -0.930. The van der Waals surface area contributed by atoms with Crippen LogP contribution < -0.4 is 10.6 Å². The minimum atomic E-state index is -0.180. The van der Waals surface area contributed by atoms with E-state index in [1.165, 1.54) is 12.0 Å². The van der Waals surface area contributed by atoms with Gasteiger partial charge in [-0.25, -0.2) is 4.39 Å². The molecule has 2 fully saturated rings. The number of nitrogens with one attached hydrogen (secondary N) is 2. The zero-order valence-corrected chi connectivity index (χ0v) is 19.0. The fourth-order valence-corrected chi connectivity index (χ4v) is 3.82. The van der Waals surface area contributed by atoms with Crippen molar-refractivity contribution in [1.29, 1.82) is 0 Å². The van der Waals surface area contributed by atoms with Crippen molar-refractivity contribution < 1.29 is 13.9 Å². The van der Waals surface area contributed by atoms with E-state index in [-0.39, 0.29) is 41.3 Å². The summed E-state index contributed by atoms with van der Waals surface area (Å²) in [6.45, 7) is 3.93. The minimum absolute atomic E-state index is 0. The maximum Gasteiger partial charge on any atom is 0.191 e. The lowest BCUT2D eigenvalue weighted by Gasteiger charge is -2.43. The molecular formula is C21H33FIN3O2. The quantitative estimate of drug-likeness (QED) is 0.233. The Balaban J connectivity index is 0.00000280. The second kappa shape index (κ2) is 11.9. The Morgan fingerprint density at radius 1 is 1.25 bits per heavy atom. The van der Waals surface area contributed by atoms with E-state index >= 15 is 0 Å². The summed E-state index contributed by atoms with van der Waals surface area (Å²) < 4.78 is 24.5. The first kappa shape index (κ1) is 23.3. The molecule has 7 heteroatoms. The zero-order chi connectivity index (χ0) is 19.0. The molecule has 1 aromatic rings. The highest BCUT2D eigenvalue weighted by atomic mass is 127. The average molecular weight is 505 g/mol. The normalized spacial score (nSPS) is 20.9. The molecule has 0 spiro atoms. The van der Waals surface area contributed by atoms with Gasteiger partial charge in [0.05, 0.1) is 12.7 Å². The summed E-state index contributed by atoms with van der Waals surface area (Å²) in [5.74, 6) is 0.628. The van der Waals surface area contributed by atoms with Crippen molar-refractivity contribution in [3.8, 4) is 0 Å². The Morgan fingerprint density at radius 3 is 2.64 bits per heavy atom. The van der Waals surface area contributed by atoms with Crippen LogP contribution in [0.4, 0.5) is 4.39 Å². The van der Waals surface area contributed by atoms with Crippen LogP contribution in [0.25, 0.3) is 0 Å². The molecule has 0 aromatic heterocycles.